The quantitative estimate of drug-likeness (QED) is 0.630. The molecule has 0 bridgehead atoms. The molecule has 1 aromatic heterocycles. The first-order valence-corrected chi connectivity index (χ1v) is 10.6. The van der Waals surface area contributed by atoms with E-state index in [4.69, 9.17) is 9.47 Å². The summed E-state index contributed by atoms with van der Waals surface area (Å²) in [5.41, 5.74) is 3.35. The number of amides is 1. The monoisotopic (exact) mass is 427 g/mol. The molecule has 0 N–H and O–H groups in total. The summed E-state index contributed by atoms with van der Waals surface area (Å²) < 4.78 is 12.1. The fourth-order valence-electron chi connectivity index (χ4n) is 3.80. The maximum atomic E-state index is 12.4. The van der Waals surface area contributed by atoms with E-state index in [2.05, 4.69) is 5.10 Å². The van der Waals surface area contributed by atoms with Gasteiger partial charge in [-0.15, -0.1) is 0 Å². The van der Waals surface area contributed by atoms with Gasteiger partial charge in [-0.1, -0.05) is 18.2 Å². The normalized spacial score (nSPS) is 14.4. The van der Waals surface area contributed by atoms with Gasteiger partial charge in [0.05, 0.1) is 30.3 Å². The molecule has 3 rings (SSSR count). The van der Waals surface area contributed by atoms with Crippen LogP contribution in [0.3, 0.4) is 0 Å². The summed E-state index contributed by atoms with van der Waals surface area (Å²) >= 11 is 0. The SMILES string of the molecule is CCOC(=O)C1CCN(C(=O)COC(=O)Cc2c(C)nn(-c3ccccc3)c2C)CC1. The number of benzene rings is 1. The van der Waals surface area contributed by atoms with E-state index in [-0.39, 0.29) is 30.8 Å². The number of aryl methyl sites for hydroxylation is 1. The highest BCUT2D eigenvalue weighted by Gasteiger charge is 2.28. The Morgan fingerprint density at radius 2 is 1.74 bits per heavy atom. The summed E-state index contributed by atoms with van der Waals surface area (Å²) in [5, 5.41) is 4.53. The van der Waals surface area contributed by atoms with E-state index in [9.17, 15) is 14.4 Å². The average Bonchev–Trinajstić information content (AvgIpc) is 3.06. The van der Waals surface area contributed by atoms with Crippen LogP contribution in [0.1, 0.15) is 36.7 Å². The number of nitrogens with zero attached hydrogens (tertiary/aromatic N) is 3. The molecule has 1 fully saturated rings. The Morgan fingerprint density at radius 3 is 2.39 bits per heavy atom. The highest BCUT2D eigenvalue weighted by Crippen LogP contribution is 2.20. The maximum Gasteiger partial charge on any atom is 0.310 e. The van der Waals surface area contributed by atoms with E-state index in [1.165, 1.54) is 0 Å². The Hall–Kier alpha value is -3.16. The number of carbonyl (C=O) groups excluding carboxylic acids is 3. The smallest absolute Gasteiger partial charge is 0.310 e. The first-order valence-electron chi connectivity index (χ1n) is 10.6. The van der Waals surface area contributed by atoms with E-state index in [0.29, 0.717) is 32.5 Å². The molecule has 0 spiro atoms. The van der Waals surface area contributed by atoms with Crippen molar-refractivity contribution in [1.29, 1.82) is 0 Å². The lowest BCUT2D eigenvalue weighted by Gasteiger charge is -2.30. The van der Waals surface area contributed by atoms with Crippen LogP contribution >= 0.6 is 0 Å². The van der Waals surface area contributed by atoms with Gasteiger partial charge in [-0.3, -0.25) is 14.4 Å². The number of para-hydroxylation sites is 1. The van der Waals surface area contributed by atoms with Crippen LogP contribution in [0.2, 0.25) is 0 Å². The fraction of sp³-hybridized carbons (Fsp3) is 0.478. The van der Waals surface area contributed by atoms with Crippen LogP contribution in [0.25, 0.3) is 5.69 Å². The van der Waals surface area contributed by atoms with Crippen LogP contribution in [-0.2, 0) is 30.3 Å². The fourth-order valence-corrected chi connectivity index (χ4v) is 3.80. The number of likely N-dealkylation sites (tertiary alicyclic amines) is 1. The molecule has 166 valence electrons. The summed E-state index contributed by atoms with van der Waals surface area (Å²) in [5.74, 6) is -1.08. The number of ether oxygens (including phenoxy) is 2. The third-order valence-corrected chi connectivity index (χ3v) is 5.59. The first kappa shape index (κ1) is 22.5. The van der Waals surface area contributed by atoms with Gasteiger partial charge in [0.2, 0.25) is 0 Å². The second-order valence-corrected chi connectivity index (χ2v) is 7.64. The summed E-state index contributed by atoms with van der Waals surface area (Å²) in [4.78, 5) is 38.2. The minimum atomic E-state index is -0.464. The van der Waals surface area contributed by atoms with Gasteiger partial charge in [0, 0.05) is 24.3 Å². The molecule has 1 aliphatic rings. The number of esters is 2. The van der Waals surface area contributed by atoms with Crippen LogP contribution in [0, 0.1) is 19.8 Å². The minimum Gasteiger partial charge on any atom is -0.466 e. The number of hydrogen-bond donors (Lipinski definition) is 0. The average molecular weight is 428 g/mol. The van der Waals surface area contributed by atoms with Gasteiger partial charge in [0.1, 0.15) is 0 Å². The molecule has 0 unspecified atom stereocenters. The van der Waals surface area contributed by atoms with Gasteiger partial charge in [0.25, 0.3) is 5.91 Å². The standard InChI is InChI=1S/C23H29N3O5/c1-4-30-23(29)18-10-12-25(13-11-18)21(27)15-31-22(28)14-20-16(2)24-26(17(20)3)19-8-6-5-7-9-19/h5-9,18H,4,10-15H2,1-3H3. The Kier molecular flexibility index (Phi) is 7.44. The number of hydrogen-bond acceptors (Lipinski definition) is 6. The van der Waals surface area contributed by atoms with Crippen molar-refractivity contribution in [2.24, 2.45) is 5.92 Å². The molecular formula is C23H29N3O5. The Bertz CT molecular complexity index is 930. The summed E-state index contributed by atoms with van der Waals surface area (Å²) in [7, 11) is 0. The second kappa shape index (κ2) is 10.2. The minimum absolute atomic E-state index is 0.0582. The van der Waals surface area contributed by atoms with Gasteiger partial charge < -0.3 is 14.4 Å². The van der Waals surface area contributed by atoms with Gasteiger partial charge in [-0.25, -0.2) is 4.68 Å². The molecule has 1 saturated heterocycles. The third-order valence-electron chi connectivity index (χ3n) is 5.59. The molecule has 1 aliphatic heterocycles. The van der Waals surface area contributed by atoms with Crippen LogP contribution in [-0.4, -0.2) is 58.8 Å². The van der Waals surface area contributed by atoms with Crippen molar-refractivity contribution < 1.29 is 23.9 Å². The molecule has 1 amide bonds. The van der Waals surface area contributed by atoms with E-state index < -0.39 is 5.97 Å². The molecular weight excluding hydrogens is 398 g/mol. The molecule has 31 heavy (non-hydrogen) atoms. The van der Waals surface area contributed by atoms with Crippen molar-refractivity contribution in [3.8, 4) is 5.69 Å². The number of carbonyl (C=O) groups is 3. The van der Waals surface area contributed by atoms with Crippen LogP contribution in [0.4, 0.5) is 0 Å². The number of piperidine rings is 1. The predicted octanol–water partition coefficient (Wildman–Crippen LogP) is 2.38. The van der Waals surface area contributed by atoms with Gasteiger partial charge in [-0.05, 0) is 45.7 Å². The molecule has 8 heteroatoms. The summed E-state index contributed by atoms with van der Waals surface area (Å²) in [6.45, 7) is 6.53. The van der Waals surface area contributed by atoms with Crippen LogP contribution in [0.5, 0.6) is 0 Å². The Labute approximate surface area is 182 Å². The van der Waals surface area contributed by atoms with Crippen molar-refractivity contribution in [2.75, 3.05) is 26.3 Å². The first-order chi connectivity index (χ1) is 14.9. The molecule has 2 heterocycles. The molecule has 1 aromatic carbocycles. The van der Waals surface area contributed by atoms with Gasteiger partial charge in [-0.2, -0.15) is 5.10 Å². The lowest BCUT2D eigenvalue weighted by atomic mass is 9.97. The molecule has 0 radical (unpaired) electrons. The van der Waals surface area contributed by atoms with Crippen molar-refractivity contribution in [3.63, 3.8) is 0 Å². The molecule has 2 aromatic rings. The number of rotatable bonds is 7. The Balaban J connectivity index is 1.50. The van der Waals surface area contributed by atoms with Crippen molar-refractivity contribution >= 4 is 17.8 Å². The Morgan fingerprint density at radius 1 is 1.06 bits per heavy atom. The summed E-state index contributed by atoms with van der Waals surface area (Å²) in [6, 6.07) is 9.70. The van der Waals surface area contributed by atoms with Crippen LogP contribution in [0.15, 0.2) is 30.3 Å². The maximum absolute atomic E-state index is 12.4. The topological polar surface area (TPSA) is 90.7 Å². The molecule has 0 aliphatic carbocycles. The largest absolute Gasteiger partial charge is 0.466 e. The van der Waals surface area contributed by atoms with E-state index in [0.717, 1.165) is 22.6 Å². The highest BCUT2D eigenvalue weighted by atomic mass is 16.5. The lowest BCUT2D eigenvalue weighted by molar-refractivity contribution is -0.154. The van der Waals surface area contributed by atoms with E-state index in [1.54, 1.807) is 16.5 Å². The second-order valence-electron chi connectivity index (χ2n) is 7.64. The molecule has 0 atom stereocenters. The van der Waals surface area contributed by atoms with E-state index >= 15 is 0 Å². The lowest BCUT2D eigenvalue weighted by Crippen LogP contribution is -2.42. The molecule has 0 saturated carbocycles. The zero-order chi connectivity index (χ0) is 22.4. The van der Waals surface area contributed by atoms with Gasteiger partial charge in [0.15, 0.2) is 6.61 Å². The molecule has 8 nitrogen and oxygen atoms in total. The predicted molar refractivity (Wildman–Crippen MR) is 114 cm³/mol. The van der Waals surface area contributed by atoms with Gasteiger partial charge >= 0.3 is 11.9 Å². The van der Waals surface area contributed by atoms with E-state index in [1.807, 2.05) is 44.2 Å². The zero-order valence-electron chi connectivity index (χ0n) is 18.3. The van der Waals surface area contributed by atoms with Crippen molar-refractivity contribution in [2.45, 2.75) is 40.0 Å². The van der Waals surface area contributed by atoms with Crippen molar-refractivity contribution in [1.82, 2.24) is 14.7 Å². The highest BCUT2D eigenvalue weighted by molar-refractivity contribution is 5.82. The van der Waals surface area contributed by atoms with Crippen molar-refractivity contribution in [3.05, 3.63) is 47.3 Å². The zero-order valence-corrected chi connectivity index (χ0v) is 18.3. The summed E-state index contributed by atoms with van der Waals surface area (Å²) in [6.07, 6.45) is 1.19. The van der Waals surface area contributed by atoms with Crippen LogP contribution < -0.4 is 0 Å². The number of aromatic nitrogens is 2. The third kappa shape index (κ3) is 5.51.